The van der Waals surface area contributed by atoms with Gasteiger partial charge in [-0.05, 0) is 56.8 Å². The number of carbonyl (C=O) groups excluding carboxylic acids is 1. The van der Waals surface area contributed by atoms with Crippen LogP contribution in [0.1, 0.15) is 91.4 Å². The lowest BCUT2D eigenvalue weighted by molar-refractivity contribution is -0.194. The van der Waals surface area contributed by atoms with Crippen LogP contribution in [0, 0.1) is 46.9 Å². The SMILES string of the molecule is CCC#CCC(C)(C)[C@@H](C#C[C@@H]1[C@H]2CC(=O)C[C@H]2C[C@H]1OC1CCCCO1)OC1CCCCO1. The molecule has 34 heavy (non-hydrogen) atoms. The van der Waals surface area contributed by atoms with E-state index < -0.39 is 0 Å². The van der Waals surface area contributed by atoms with E-state index in [1.807, 2.05) is 0 Å². The molecule has 5 heteroatoms. The molecule has 2 saturated heterocycles. The molecule has 2 aliphatic carbocycles. The maximum Gasteiger partial charge on any atom is 0.159 e. The zero-order valence-corrected chi connectivity index (χ0v) is 21.3. The molecule has 2 unspecified atom stereocenters. The van der Waals surface area contributed by atoms with Crippen LogP contribution in [0.3, 0.4) is 0 Å². The second-order valence-corrected chi connectivity index (χ2v) is 11.1. The number of Topliss-reactive ketones (excluding diaryl/α,β-unsaturated/α-hetero) is 1. The standard InChI is InChI=1S/C29H42O5/c1-4-5-8-15-29(2,3)26(34-28-12-7-10-17-32-28)14-13-23-24-20-22(30)18-21(24)19-25(23)33-27-11-6-9-16-31-27/h21,23-28H,4,6-7,9-12,15-20H2,1-3H3/t21-,23+,24-,25+,26+,27?,28?/m0/s1. The molecule has 0 amide bonds. The Bertz CT molecular complexity index is 800. The quantitative estimate of drug-likeness (QED) is 0.496. The number of carbonyl (C=O) groups is 1. The van der Waals surface area contributed by atoms with Crippen LogP contribution in [0.5, 0.6) is 0 Å². The Balaban J connectivity index is 1.53. The third-order valence-corrected chi connectivity index (χ3v) is 7.78. The number of hydrogen-bond acceptors (Lipinski definition) is 5. The van der Waals surface area contributed by atoms with Crippen LogP contribution in [-0.2, 0) is 23.7 Å². The summed E-state index contributed by atoms with van der Waals surface area (Å²) in [6, 6.07) is 0. The van der Waals surface area contributed by atoms with Gasteiger partial charge in [0.2, 0.25) is 0 Å². The summed E-state index contributed by atoms with van der Waals surface area (Å²) in [6.07, 6.45) is 9.44. The molecule has 4 rings (SSSR count). The molecule has 7 atom stereocenters. The van der Waals surface area contributed by atoms with Crippen LogP contribution < -0.4 is 0 Å². The number of ketones is 1. The number of fused-ring (bicyclic) bond motifs is 1. The summed E-state index contributed by atoms with van der Waals surface area (Å²) < 4.78 is 24.7. The molecule has 4 fully saturated rings. The second kappa shape index (κ2) is 12.0. The second-order valence-electron chi connectivity index (χ2n) is 11.1. The fourth-order valence-corrected chi connectivity index (χ4v) is 5.77. The predicted octanol–water partition coefficient (Wildman–Crippen LogP) is 5.26. The molecule has 0 radical (unpaired) electrons. The minimum atomic E-state index is -0.288. The van der Waals surface area contributed by atoms with E-state index in [4.69, 9.17) is 18.9 Å². The van der Waals surface area contributed by atoms with E-state index in [2.05, 4.69) is 44.5 Å². The molecule has 4 aliphatic rings. The first kappa shape index (κ1) is 25.7. The zero-order valence-electron chi connectivity index (χ0n) is 21.3. The maximum atomic E-state index is 12.2. The van der Waals surface area contributed by atoms with Crippen LogP contribution >= 0.6 is 0 Å². The summed E-state index contributed by atoms with van der Waals surface area (Å²) in [5, 5.41) is 0. The van der Waals surface area contributed by atoms with Crippen molar-refractivity contribution >= 4 is 5.78 Å². The predicted molar refractivity (Wildman–Crippen MR) is 130 cm³/mol. The highest BCUT2D eigenvalue weighted by Crippen LogP contribution is 2.48. The summed E-state index contributed by atoms with van der Waals surface area (Å²) in [4.78, 5) is 12.2. The normalized spacial score (nSPS) is 34.5. The molecule has 0 spiro atoms. The minimum Gasteiger partial charge on any atom is -0.353 e. The van der Waals surface area contributed by atoms with Gasteiger partial charge >= 0.3 is 0 Å². The van der Waals surface area contributed by atoms with Crippen molar-refractivity contribution in [1.29, 1.82) is 0 Å². The Morgan fingerprint density at radius 1 is 1.03 bits per heavy atom. The van der Waals surface area contributed by atoms with Gasteiger partial charge in [-0.3, -0.25) is 4.79 Å². The van der Waals surface area contributed by atoms with Gasteiger partial charge in [0.1, 0.15) is 11.9 Å². The van der Waals surface area contributed by atoms with Gasteiger partial charge in [-0.25, -0.2) is 0 Å². The van der Waals surface area contributed by atoms with Gasteiger partial charge in [-0.1, -0.05) is 32.6 Å². The third-order valence-electron chi connectivity index (χ3n) is 7.78. The van der Waals surface area contributed by atoms with Crippen molar-refractivity contribution in [2.24, 2.45) is 23.2 Å². The summed E-state index contributed by atoms with van der Waals surface area (Å²) in [5.41, 5.74) is -0.234. The van der Waals surface area contributed by atoms with Crippen molar-refractivity contribution in [3.05, 3.63) is 0 Å². The first-order chi connectivity index (χ1) is 16.5. The average molecular weight is 471 g/mol. The summed E-state index contributed by atoms with van der Waals surface area (Å²) in [6.45, 7) is 7.94. The van der Waals surface area contributed by atoms with Gasteiger partial charge in [0, 0.05) is 44.3 Å². The topological polar surface area (TPSA) is 54.0 Å². The van der Waals surface area contributed by atoms with E-state index in [0.29, 0.717) is 24.5 Å². The van der Waals surface area contributed by atoms with Crippen molar-refractivity contribution in [1.82, 2.24) is 0 Å². The summed E-state index contributed by atoms with van der Waals surface area (Å²) >= 11 is 0. The Kier molecular flexibility index (Phi) is 9.11. The third kappa shape index (κ3) is 6.64. The Hall–Kier alpha value is -1.37. The highest BCUT2D eigenvalue weighted by atomic mass is 16.7. The van der Waals surface area contributed by atoms with Gasteiger partial charge < -0.3 is 18.9 Å². The number of hydrogen-bond donors (Lipinski definition) is 0. The fourth-order valence-electron chi connectivity index (χ4n) is 5.77. The lowest BCUT2D eigenvalue weighted by atomic mass is 9.82. The first-order valence-electron chi connectivity index (χ1n) is 13.5. The van der Waals surface area contributed by atoms with Gasteiger partial charge in [0.15, 0.2) is 12.6 Å². The van der Waals surface area contributed by atoms with E-state index in [9.17, 15) is 4.79 Å². The number of rotatable bonds is 6. The molecule has 2 saturated carbocycles. The van der Waals surface area contributed by atoms with Crippen molar-refractivity contribution < 1.29 is 23.7 Å². The molecule has 0 bridgehead atoms. The lowest BCUT2D eigenvalue weighted by Crippen LogP contribution is -2.37. The highest BCUT2D eigenvalue weighted by Gasteiger charge is 2.49. The largest absolute Gasteiger partial charge is 0.353 e. The van der Waals surface area contributed by atoms with Crippen LogP contribution in [0.25, 0.3) is 0 Å². The van der Waals surface area contributed by atoms with Gasteiger partial charge in [0.25, 0.3) is 0 Å². The van der Waals surface area contributed by atoms with Crippen LogP contribution in [0.15, 0.2) is 0 Å². The van der Waals surface area contributed by atoms with Crippen LogP contribution in [0.2, 0.25) is 0 Å². The Morgan fingerprint density at radius 2 is 1.76 bits per heavy atom. The lowest BCUT2D eigenvalue weighted by Gasteiger charge is -2.34. The molecule has 0 aromatic rings. The molecule has 2 aliphatic heterocycles. The monoisotopic (exact) mass is 470 g/mol. The van der Waals surface area contributed by atoms with E-state index in [0.717, 1.165) is 71.0 Å². The van der Waals surface area contributed by atoms with Gasteiger partial charge in [-0.2, -0.15) is 0 Å². The van der Waals surface area contributed by atoms with Gasteiger partial charge in [-0.15, -0.1) is 11.8 Å². The van der Waals surface area contributed by atoms with Crippen molar-refractivity contribution in [2.75, 3.05) is 13.2 Å². The molecule has 5 nitrogen and oxygen atoms in total. The number of ether oxygens (including phenoxy) is 4. The van der Waals surface area contributed by atoms with Crippen molar-refractivity contribution in [2.45, 2.75) is 116 Å². The Labute approximate surface area is 206 Å². The molecular formula is C29H42O5. The summed E-state index contributed by atoms with van der Waals surface area (Å²) in [7, 11) is 0. The fraction of sp³-hybridized carbons (Fsp3) is 0.828. The first-order valence-corrected chi connectivity index (χ1v) is 13.5. The average Bonchev–Trinajstić information content (AvgIpc) is 3.33. The van der Waals surface area contributed by atoms with Crippen molar-refractivity contribution in [3.63, 3.8) is 0 Å². The van der Waals surface area contributed by atoms with Gasteiger partial charge in [0.05, 0.1) is 12.0 Å². The van der Waals surface area contributed by atoms with Crippen molar-refractivity contribution in [3.8, 4) is 23.7 Å². The maximum absolute atomic E-state index is 12.2. The summed E-state index contributed by atoms with van der Waals surface area (Å²) in [5.74, 6) is 14.7. The molecular weight excluding hydrogens is 428 g/mol. The van der Waals surface area contributed by atoms with E-state index in [1.165, 1.54) is 0 Å². The molecule has 188 valence electrons. The van der Waals surface area contributed by atoms with E-state index in [1.54, 1.807) is 0 Å². The molecule has 2 heterocycles. The molecule has 0 N–H and O–H groups in total. The molecule has 0 aromatic carbocycles. The minimum absolute atomic E-state index is 0.0216. The van der Waals surface area contributed by atoms with E-state index >= 15 is 0 Å². The Morgan fingerprint density at radius 3 is 2.44 bits per heavy atom. The van der Waals surface area contributed by atoms with Crippen LogP contribution in [-0.4, -0.2) is 43.8 Å². The highest BCUT2D eigenvalue weighted by molar-refractivity contribution is 5.81. The smallest absolute Gasteiger partial charge is 0.159 e. The van der Waals surface area contributed by atoms with E-state index in [-0.39, 0.29) is 42.0 Å². The van der Waals surface area contributed by atoms with Crippen LogP contribution in [0.4, 0.5) is 0 Å². The zero-order chi connectivity index (χ0) is 24.0. The molecule has 0 aromatic heterocycles.